The molecule has 8 rings (SSSR count). The Balaban J connectivity index is 0.000000222. The molecule has 1 atom stereocenters. The van der Waals surface area contributed by atoms with E-state index in [2.05, 4.69) is 65.6 Å². The van der Waals surface area contributed by atoms with Gasteiger partial charge in [-0.05, 0) is 61.0 Å². The first-order chi connectivity index (χ1) is 21.2. The Bertz CT molecular complexity index is 1830. The maximum absolute atomic E-state index is 5.18. The van der Waals surface area contributed by atoms with Crippen molar-refractivity contribution in [2.45, 2.75) is 5.41 Å². The van der Waals surface area contributed by atoms with Crippen LogP contribution in [0.25, 0.3) is 22.4 Å². The summed E-state index contributed by atoms with van der Waals surface area (Å²) in [5, 5.41) is 0. The van der Waals surface area contributed by atoms with Crippen LogP contribution in [-0.4, -0.2) is 26.9 Å². The van der Waals surface area contributed by atoms with Crippen molar-refractivity contribution >= 4 is 5.82 Å². The summed E-state index contributed by atoms with van der Waals surface area (Å²) in [5.74, 6) is 0.943. The zero-order chi connectivity index (χ0) is 29.1. The van der Waals surface area contributed by atoms with Crippen LogP contribution in [0.15, 0.2) is 146 Å². The number of hydrogen-bond acceptors (Lipinski definition) is 5. The molecule has 3 aromatic carbocycles. The van der Waals surface area contributed by atoms with Gasteiger partial charge in [-0.25, -0.2) is 4.98 Å². The number of rotatable bonds is 4. The SMILES string of the molecule is CN1C=CN(c2ccccn2)[CH-]1.[Ir+3].[c-]1ccccc1-c1cccc([C@]2(c3ccccn3)c3[c-]cccc3-c3ccccc32)n1. The average Bonchev–Trinajstić information content (AvgIpc) is 3.66. The first kappa shape index (κ1) is 29.2. The number of nitrogens with zero attached hydrogens (tertiary/aromatic N) is 5. The molecule has 6 heteroatoms. The average molecular weight is 747 g/mol. The van der Waals surface area contributed by atoms with Gasteiger partial charge >= 0.3 is 20.1 Å². The van der Waals surface area contributed by atoms with E-state index < -0.39 is 5.41 Å². The van der Waals surface area contributed by atoms with Crippen molar-refractivity contribution in [1.82, 2.24) is 19.9 Å². The van der Waals surface area contributed by atoms with Gasteiger partial charge in [-0.3, -0.25) is 9.97 Å². The fraction of sp³-hybridized carbons (Fsp3) is 0.0526. The molecule has 44 heavy (non-hydrogen) atoms. The number of hydrogen-bond donors (Lipinski definition) is 0. The smallest absolute Gasteiger partial charge is 0.510 e. The molecule has 0 amide bonds. The predicted molar refractivity (Wildman–Crippen MR) is 170 cm³/mol. The van der Waals surface area contributed by atoms with Gasteiger partial charge in [0.2, 0.25) is 0 Å². The second-order valence-electron chi connectivity index (χ2n) is 10.3. The van der Waals surface area contributed by atoms with Crippen molar-refractivity contribution < 1.29 is 20.1 Å². The second-order valence-corrected chi connectivity index (χ2v) is 10.3. The minimum absolute atomic E-state index is 0. The molecule has 5 nitrogen and oxygen atoms in total. The zero-order valence-corrected chi connectivity index (χ0v) is 26.4. The van der Waals surface area contributed by atoms with Gasteiger partial charge in [0.1, 0.15) is 5.82 Å². The molecule has 1 aliphatic heterocycles. The zero-order valence-electron chi connectivity index (χ0n) is 24.0. The van der Waals surface area contributed by atoms with E-state index in [1.54, 1.807) is 6.20 Å². The molecule has 6 aromatic rings. The molecule has 0 radical (unpaired) electrons. The first-order valence-electron chi connectivity index (χ1n) is 14.2. The Labute approximate surface area is 272 Å². The van der Waals surface area contributed by atoms with E-state index in [1.165, 1.54) is 16.7 Å². The fourth-order valence-electron chi connectivity index (χ4n) is 5.84. The van der Waals surface area contributed by atoms with E-state index in [1.807, 2.05) is 115 Å². The third kappa shape index (κ3) is 5.24. The molecule has 0 saturated heterocycles. The summed E-state index contributed by atoms with van der Waals surface area (Å²) in [6, 6.07) is 47.8. The van der Waals surface area contributed by atoms with Crippen LogP contribution in [0.2, 0.25) is 0 Å². The number of pyridine rings is 3. The Morgan fingerprint density at radius 1 is 0.659 bits per heavy atom. The van der Waals surface area contributed by atoms with Gasteiger partial charge in [-0.2, -0.15) is 24.3 Å². The standard InChI is InChI=1S/C29H18N2.C9H10N3.Ir/c1-2-11-21(12-3-1)26-17-10-19-28(31-26)29(27-18-8-9-20-30-27)24-15-6-4-13-22(24)23-14-5-7-16-25(23)29;1-11-6-7-12(8-11)9-4-2-3-5-10-9;/h1-11,13-15,17-20H;2-8H,1H3;/q-2;-1;+3/t29-;;/m0../s1. The summed E-state index contributed by atoms with van der Waals surface area (Å²) in [5.41, 5.74) is 7.81. The molecule has 3 aromatic heterocycles. The fourth-order valence-corrected chi connectivity index (χ4v) is 5.84. The number of aromatic nitrogens is 3. The largest absolute Gasteiger partial charge is 3.00 e. The second kappa shape index (κ2) is 12.8. The summed E-state index contributed by atoms with van der Waals surface area (Å²) in [6.45, 7) is 1.97. The third-order valence-corrected chi connectivity index (χ3v) is 7.70. The molecule has 2 aliphatic rings. The van der Waals surface area contributed by atoms with Crippen LogP contribution >= 0.6 is 0 Å². The van der Waals surface area contributed by atoms with Crippen LogP contribution in [0.4, 0.5) is 5.82 Å². The van der Waals surface area contributed by atoms with Crippen molar-refractivity contribution in [1.29, 1.82) is 0 Å². The first-order valence-corrected chi connectivity index (χ1v) is 14.2. The van der Waals surface area contributed by atoms with Crippen LogP contribution in [0, 0.1) is 18.8 Å². The molecule has 0 spiro atoms. The van der Waals surface area contributed by atoms with E-state index in [0.29, 0.717) is 0 Å². The van der Waals surface area contributed by atoms with Crippen LogP contribution < -0.4 is 4.90 Å². The van der Waals surface area contributed by atoms with Crippen LogP contribution in [0.5, 0.6) is 0 Å². The van der Waals surface area contributed by atoms with E-state index >= 15 is 0 Å². The number of fused-ring (bicyclic) bond motifs is 3. The molecule has 214 valence electrons. The Kier molecular flexibility index (Phi) is 8.47. The molecule has 0 fully saturated rings. The predicted octanol–water partition coefficient (Wildman–Crippen LogP) is 7.53. The van der Waals surface area contributed by atoms with Gasteiger partial charge in [-0.15, -0.1) is 53.7 Å². The summed E-state index contributed by atoms with van der Waals surface area (Å²) in [7, 11) is 1.99. The van der Waals surface area contributed by atoms with Crippen LogP contribution in [-0.2, 0) is 25.5 Å². The van der Waals surface area contributed by atoms with E-state index in [-0.39, 0.29) is 20.1 Å². The van der Waals surface area contributed by atoms with Crippen molar-refractivity contribution in [2.24, 2.45) is 0 Å². The molecule has 0 unspecified atom stereocenters. The van der Waals surface area contributed by atoms with Crippen molar-refractivity contribution in [2.75, 3.05) is 11.9 Å². The third-order valence-electron chi connectivity index (χ3n) is 7.70. The summed E-state index contributed by atoms with van der Waals surface area (Å²) >= 11 is 0. The number of benzene rings is 3. The van der Waals surface area contributed by atoms with Crippen LogP contribution in [0.1, 0.15) is 22.5 Å². The van der Waals surface area contributed by atoms with Crippen molar-refractivity contribution in [3.8, 4) is 22.4 Å². The summed E-state index contributed by atoms with van der Waals surface area (Å²) in [4.78, 5) is 18.2. The minimum atomic E-state index is -0.626. The molecule has 0 bridgehead atoms. The van der Waals surface area contributed by atoms with Gasteiger partial charge in [-0.1, -0.05) is 54.1 Å². The van der Waals surface area contributed by atoms with Crippen molar-refractivity contribution in [3.05, 3.63) is 187 Å². The van der Waals surface area contributed by atoms with Crippen molar-refractivity contribution in [3.63, 3.8) is 0 Å². The monoisotopic (exact) mass is 747 g/mol. The van der Waals surface area contributed by atoms with Gasteiger partial charge in [0.05, 0.1) is 11.1 Å². The Morgan fingerprint density at radius 3 is 2.16 bits per heavy atom. The van der Waals surface area contributed by atoms with Gasteiger partial charge in [0, 0.05) is 18.1 Å². The topological polar surface area (TPSA) is 45.2 Å². The summed E-state index contributed by atoms with van der Waals surface area (Å²) < 4.78 is 0. The maximum atomic E-state index is 5.18. The van der Waals surface area contributed by atoms with E-state index in [4.69, 9.17) is 9.97 Å². The van der Waals surface area contributed by atoms with E-state index in [9.17, 15) is 0 Å². The summed E-state index contributed by atoms with van der Waals surface area (Å²) in [6.07, 6.45) is 7.60. The van der Waals surface area contributed by atoms with Gasteiger partial charge < -0.3 is 9.80 Å². The van der Waals surface area contributed by atoms with E-state index in [0.717, 1.165) is 34.0 Å². The molecular weight excluding hydrogens is 719 g/mol. The maximum Gasteiger partial charge on any atom is 3.00 e. The molecule has 4 heterocycles. The molecule has 0 N–H and O–H groups in total. The molecule has 1 aliphatic carbocycles. The quantitative estimate of drug-likeness (QED) is 0.175. The normalized spacial score (nSPS) is 15.9. The Morgan fingerprint density at radius 2 is 1.41 bits per heavy atom. The van der Waals surface area contributed by atoms with Gasteiger partial charge in [0.25, 0.3) is 0 Å². The molecule has 0 saturated carbocycles. The minimum Gasteiger partial charge on any atom is -0.510 e. The van der Waals surface area contributed by atoms with Gasteiger partial charge in [0.15, 0.2) is 0 Å². The number of anilines is 1. The molecular formula is C38H28IrN5. The van der Waals surface area contributed by atoms with Crippen LogP contribution in [0.3, 0.4) is 0 Å². The Hall–Kier alpha value is -4.90.